The molecule has 282 valence electrons. The molecule has 2 aromatic rings. The topological polar surface area (TPSA) is 218 Å². The summed E-state index contributed by atoms with van der Waals surface area (Å²) in [6.45, 7) is 11.2. The van der Waals surface area contributed by atoms with E-state index in [4.69, 9.17) is 24.7 Å². The van der Waals surface area contributed by atoms with Gasteiger partial charge in [-0.05, 0) is 78.6 Å². The third-order valence-corrected chi connectivity index (χ3v) is 6.67. The molecule has 2 N–H and O–H groups in total. The van der Waals surface area contributed by atoms with Crippen LogP contribution in [0, 0.1) is 0 Å². The van der Waals surface area contributed by atoms with Crippen LogP contribution in [0.3, 0.4) is 0 Å². The summed E-state index contributed by atoms with van der Waals surface area (Å²) in [6, 6.07) is 13.7. The first-order chi connectivity index (χ1) is 23.9. The quantitative estimate of drug-likeness (QED) is 0.0293. The average Bonchev–Trinajstić information content (AvgIpc) is 3.46. The summed E-state index contributed by atoms with van der Waals surface area (Å²) >= 11 is 3.28. The first-order valence-electron chi connectivity index (χ1n) is 15.5. The Hall–Kier alpha value is -1.44. The summed E-state index contributed by atoms with van der Waals surface area (Å²) in [7, 11) is 0. The number of hydrogen-bond donors (Lipinski definition) is 2. The molecule has 2 aliphatic rings. The number of esters is 1. The van der Waals surface area contributed by atoms with Crippen molar-refractivity contribution in [1.82, 2.24) is 15.3 Å². The van der Waals surface area contributed by atoms with Crippen LogP contribution in [0.25, 0.3) is 0 Å². The molecule has 2 aromatic carbocycles. The second kappa shape index (κ2) is 27.2. The van der Waals surface area contributed by atoms with E-state index in [2.05, 4.69) is 25.6 Å². The maximum atomic E-state index is 12.1. The van der Waals surface area contributed by atoms with Crippen molar-refractivity contribution in [3.63, 3.8) is 0 Å². The monoisotopic (exact) mass is 859 g/mol. The Balaban J connectivity index is -0.000000725. The Labute approximate surface area is 403 Å². The number of hydroxylamine groups is 1. The molecule has 16 nitrogen and oxygen atoms in total. The molecule has 2 aliphatic heterocycles. The minimum atomic E-state index is -0.831. The minimum Gasteiger partial charge on any atom is -1.00 e. The van der Waals surface area contributed by atoms with Crippen LogP contribution in [-0.2, 0) is 28.7 Å². The van der Waals surface area contributed by atoms with Gasteiger partial charge in [-0.3, -0.25) is 39.0 Å². The van der Waals surface area contributed by atoms with E-state index in [1.165, 1.54) is 15.3 Å². The van der Waals surface area contributed by atoms with Gasteiger partial charge in [-0.2, -0.15) is 0 Å². The van der Waals surface area contributed by atoms with Gasteiger partial charge in [-0.15, -0.1) is 0 Å². The molecule has 5 amide bonds. The molecule has 4 rings (SSSR count). The third-order valence-electron chi connectivity index (χ3n) is 6.11. The standard InChI is InChI=1S/C17H21NO5.C11H10BrNO2.C5H11NO3.CH2O3.2K.H/c1-17(2,3)23-14(19)11-22-10-6-9-18-15(20)12-7-4-5-8-13(12)16(18)21;12-6-3-7-13-10(14)8-4-1-2-5-9(8)11(13)15;1-5(2,3)9-4(7)6-8;2-1-4-3;;;/h4-5,7-8H,6,9-11H2,1-3H3;1-2,4-5H,3,6-7H2;8H,1-3H3,(H,6,7);1,3H;;;/q;;;;2*+1;-1/p-1. The van der Waals surface area contributed by atoms with Gasteiger partial charge in [0.05, 0.1) is 22.3 Å². The third kappa shape index (κ3) is 19.8. The maximum Gasteiger partial charge on any atom is 1.00 e. The number of alkyl halides is 1. The summed E-state index contributed by atoms with van der Waals surface area (Å²) < 4.78 is 14.9. The Morgan fingerprint density at radius 1 is 0.774 bits per heavy atom. The van der Waals surface area contributed by atoms with E-state index in [1.807, 2.05) is 0 Å². The predicted octanol–water partition coefficient (Wildman–Crippen LogP) is -2.45. The Morgan fingerprint density at radius 3 is 1.42 bits per heavy atom. The van der Waals surface area contributed by atoms with Gasteiger partial charge in [-0.1, -0.05) is 40.2 Å². The van der Waals surface area contributed by atoms with Gasteiger partial charge < -0.3 is 25.8 Å². The van der Waals surface area contributed by atoms with Crippen LogP contribution in [0.4, 0.5) is 4.79 Å². The molecule has 2 heterocycles. The Morgan fingerprint density at radius 2 is 1.13 bits per heavy atom. The normalized spacial score (nSPS) is 12.5. The number of benzene rings is 2. The van der Waals surface area contributed by atoms with Crippen molar-refractivity contribution < 1.29 is 167 Å². The summed E-state index contributed by atoms with van der Waals surface area (Å²) in [4.78, 5) is 83.3. The molecule has 19 heteroatoms. The molecule has 0 atom stereocenters. The average molecular weight is 861 g/mol. The molecule has 0 bridgehead atoms. The number of imide groups is 2. The van der Waals surface area contributed by atoms with E-state index >= 15 is 0 Å². The minimum absolute atomic E-state index is 0. The van der Waals surface area contributed by atoms with Crippen LogP contribution in [-0.4, -0.2) is 100 Å². The molecule has 0 saturated heterocycles. The fraction of sp³-hybridized carbons (Fsp3) is 0.441. The van der Waals surface area contributed by atoms with Gasteiger partial charge >= 0.3 is 115 Å². The number of nitrogens with zero attached hydrogens (tertiary/aromatic N) is 2. The van der Waals surface area contributed by atoms with Gasteiger partial charge in [0, 0.05) is 25.0 Å². The second-order valence-corrected chi connectivity index (χ2v) is 13.2. The number of fused-ring (bicyclic) bond motifs is 2. The van der Waals surface area contributed by atoms with E-state index in [9.17, 15) is 28.8 Å². The molecule has 0 fully saturated rings. The van der Waals surface area contributed by atoms with E-state index in [0.29, 0.717) is 35.2 Å². The molecule has 0 radical (unpaired) electrons. The van der Waals surface area contributed by atoms with Gasteiger partial charge in [0.2, 0.25) is 0 Å². The molecule has 0 aliphatic carbocycles. The van der Waals surface area contributed by atoms with Crippen molar-refractivity contribution in [3.8, 4) is 0 Å². The Bertz CT molecular complexity index is 1470. The van der Waals surface area contributed by atoms with Crippen LogP contribution in [0.15, 0.2) is 48.5 Å². The number of amides is 5. The van der Waals surface area contributed by atoms with E-state index in [0.717, 1.165) is 11.8 Å². The zero-order valence-corrected chi connectivity index (χ0v) is 39.1. The van der Waals surface area contributed by atoms with Crippen molar-refractivity contribution in [1.29, 1.82) is 0 Å². The second-order valence-electron chi connectivity index (χ2n) is 12.5. The SMILES string of the molecule is CC(C)(C)OC(=O)COCCCN1C(=O)c2ccccc2C1=O.CC(C)(C)OC(=O)NO.O=C1c2ccccc2C(=O)N1CCCBr.O=CO[O-].[H-].[K+].[K+]. The fourth-order valence-corrected chi connectivity index (χ4v) is 4.51. The van der Waals surface area contributed by atoms with Crippen LogP contribution in [0.2, 0.25) is 0 Å². The van der Waals surface area contributed by atoms with Crippen molar-refractivity contribution >= 4 is 58.1 Å². The number of halogens is 1. The van der Waals surface area contributed by atoms with Crippen molar-refractivity contribution in [2.75, 3.05) is 31.6 Å². The number of ether oxygens (including phenoxy) is 3. The van der Waals surface area contributed by atoms with Crippen molar-refractivity contribution in [2.24, 2.45) is 0 Å². The van der Waals surface area contributed by atoms with E-state index in [-0.39, 0.29) is 154 Å². The first kappa shape index (κ1) is 53.7. The van der Waals surface area contributed by atoms with Gasteiger partial charge in [0.25, 0.3) is 30.1 Å². The molecule has 0 spiro atoms. The van der Waals surface area contributed by atoms with Crippen LogP contribution >= 0.6 is 15.9 Å². The Kier molecular flexibility index (Phi) is 27.6. The molecule has 53 heavy (non-hydrogen) atoms. The van der Waals surface area contributed by atoms with E-state index < -0.39 is 23.3 Å². The summed E-state index contributed by atoms with van der Waals surface area (Å²) in [5.74, 6) is -1.33. The zero-order chi connectivity index (χ0) is 38.8. The molecule has 0 aromatic heterocycles. The number of nitrogens with one attached hydrogen (secondary N) is 1. The van der Waals surface area contributed by atoms with Crippen molar-refractivity contribution in [2.45, 2.75) is 65.6 Å². The molecule has 0 saturated carbocycles. The summed E-state index contributed by atoms with van der Waals surface area (Å²) in [5, 5.41) is 17.2. The van der Waals surface area contributed by atoms with Gasteiger partial charge in [-0.25, -0.2) is 15.1 Å². The van der Waals surface area contributed by atoms with Crippen LogP contribution in [0.1, 0.15) is 97.2 Å². The summed E-state index contributed by atoms with van der Waals surface area (Å²) in [6.07, 6.45) is 0.419. The molecule has 0 unspecified atom stereocenters. The zero-order valence-electron chi connectivity index (χ0n) is 32.3. The van der Waals surface area contributed by atoms with Crippen LogP contribution in [0.5, 0.6) is 0 Å². The van der Waals surface area contributed by atoms with Crippen LogP contribution < -0.4 is 114 Å². The molecular weight excluding hydrogens is 816 g/mol. The maximum absolute atomic E-state index is 12.1. The number of hydrogen-bond acceptors (Lipinski definition) is 13. The summed E-state index contributed by atoms with van der Waals surface area (Å²) in [5.41, 5.74) is 2.20. The van der Waals surface area contributed by atoms with E-state index in [1.54, 1.807) is 90.1 Å². The largest absolute Gasteiger partial charge is 1.00 e. The predicted molar refractivity (Wildman–Crippen MR) is 183 cm³/mol. The number of rotatable bonds is 10. The fourth-order valence-electron chi connectivity index (χ4n) is 4.25. The van der Waals surface area contributed by atoms with Gasteiger partial charge in [0.15, 0.2) is 0 Å². The first-order valence-corrected chi connectivity index (χ1v) is 16.7. The molecular formula is C34H44BrK2N3O13. The number of carbonyl (C=O) groups is 7. The smallest absolute Gasteiger partial charge is 1.00 e. The van der Waals surface area contributed by atoms with Crippen molar-refractivity contribution in [3.05, 3.63) is 70.8 Å². The number of carbonyl (C=O) groups excluding carboxylic acids is 7. The van der Waals surface area contributed by atoms with Gasteiger partial charge in [0.1, 0.15) is 17.8 Å².